The largest absolute Gasteiger partial charge is 0.478 e. The Morgan fingerprint density at radius 1 is 0.930 bits per heavy atom. The number of carboxylic acids is 1. The number of amides is 1. The van der Waals surface area contributed by atoms with Gasteiger partial charge in [-0.05, 0) is 77.9 Å². The second kappa shape index (κ2) is 14.9. The maximum atomic E-state index is 12.4. The first-order valence-electron chi connectivity index (χ1n) is 13.6. The van der Waals surface area contributed by atoms with E-state index >= 15 is 0 Å². The van der Waals surface area contributed by atoms with Crippen molar-refractivity contribution in [2.45, 2.75) is 38.0 Å². The molecule has 0 radical (unpaired) electrons. The van der Waals surface area contributed by atoms with Crippen molar-refractivity contribution in [2.24, 2.45) is 0 Å². The van der Waals surface area contributed by atoms with Gasteiger partial charge in [-0.1, -0.05) is 60.1 Å². The highest BCUT2D eigenvalue weighted by atomic mass is 35.5. The molecule has 0 aromatic heterocycles. The van der Waals surface area contributed by atoms with Crippen molar-refractivity contribution in [1.29, 1.82) is 0 Å². The number of nitrogens with one attached hydrogen (secondary N) is 2. The van der Waals surface area contributed by atoms with Crippen molar-refractivity contribution in [1.82, 2.24) is 5.32 Å². The number of hydrogen-bond donors (Lipinski definition) is 4. The third kappa shape index (κ3) is 8.95. The van der Waals surface area contributed by atoms with E-state index in [0.717, 1.165) is 36.0 Å². The number of anilines is 1. The lowest BCUT2D eigenvalue weighted by Crippen LogP contribution is -2.37. The van der Waals surface area contributed by atoms with Crippen LogP contribution in [-0.4, -0.2) is 34.9 Å². The van der Waals surface area contributed by atoms with Gasteiger partial charge in [-0.25, -0.2) is 9.59 Å². The number of aryl methyl sites for hydroxylation is 1. The lowest BCUT2D eigenvalue weighted by atomic mass is 9.88. The van der Waals surface area contributed by atoms with Crippen molar-refractivity contribution >= 4 is 41.8 Å². The number of hydrogen-bond acceptors (Lipinski definition) is 6. The summed E-state index contributed by atoms with van der Waals surface area (Å²) in [5.41, 5.74) is 4.14. The third-order valence-electron chi connectivity index (χ3n) is 7.09. The average molecular weight is 624 g/mol. The molecule has 4 aromatic carbocycles. The summed E-state index contributed by atoms with van der Waals surface area (Å²) in [5.74, 6) is -0.336. The van der Waals surface area contributed by atoms with Gasteiger partial charge in [0.25, 0.3) is 0 Å². The summed E-state index contributed by atoms with van der Waals surface area (Å²) < 4.78 is 11.3. The second-order valence-corrected chi connectivity index (χ2v) is 10.6. The highest BCUT2D eigenvalue weighted by Crippen LogP contribution is 2.31. The molecule has 0 aliphatic heterocycles. The zero-order valence-electron chi connectivity index (χ0n) is 23.2. The predicted octanol–water partition coefficient (Wildman–Crippen LogP) is 7.18. The number of aromatic carboxylic acids is 1. The highest BCUT2D eigenvalue weighted by Gasteiger charge is 2.21. The summed E-state index contributed by atoms with van der Waals surface area (Å²) in [6.07, 6.45) is 1.20. The Morgan fingerprint density at radius 3 is 2.51 bits per heavy atom. The molecule has 8 nitrogen and oxygen atoms in total. The number of ether oxygens (including phenoxy) is 2. The first-order valence-corrected chi connectivity index (χ1v) is 14.0. The molecule has 43 heavy (non-hydrogen) atoms. The molecule has 0 bridgehead atoms. The van der Waals surface area contributed by atoms with Crippen LogP contribution in [0.4, 0.5) is 10.5 Å². The Balaban J connectivity index is 0.00000423. The van der Waals surface area contributed by atoms with Gasteiger partial charge in [0.2, 0.25) is 0 Å². The van der Waals surface area contributed by atoms with Crippen LogP contribution in [0.2, 0.25) is 5.02 Å². The minimum absolute atomic E-state index is 0. The quantitative estimate of drug-likeness (QED) is 0.148. The van der Waals surface area contributed by atoms with E-state index < -0.39 is 18.2 Å². The number of benzene rings is 4. The fourth-order valence-electron chi connectivity index (χ4n) is 4.95. The number of aliphatic hydroxyl groups excluding tert-OH is 1. The molecule has 4 aromatic rings. The fraction of sp³-hybridized carbons (Fsp3) is 0.212. The van der Waals surface area contributed by atoms with Gasteiger partial charge in [0.1, 0.15) is 18.1 Å². The third-order valence-corrected chi connectivity index (χ3v) is 7.32. The fourth-order valence-corrected chi connectivity index (χ4v) is 5.15. The van der Waals surface area contributed by atoms with E-state index in [1.165, 1.54) is 17.7 Å². The van der Waals surface area contributed by atoms with Crippen LogP contribution in [-0.2, 0) is 24.2 Å². The van der Waals surface area contributed by atoms with E-state index in [2.05, 4.69) is 10.6 Å². The van der Waals surface area contributed by atoms with E-state index in [4.69, 9.17) is 21.1 Å². The molecule has 0 saturated heterocycles. The molecule has 0 saturated carbocycles. The van der Waals surface area contributed by atoms with Gasteiger partial charge in [-0.2, -0.15) is 0 Å². The first kappa shape index (κ1) is 31.8. The van der Waals surface area contributed by atoms with Crippen molar-refractivity contribution in [3.05, 3.63) is 124 Å². The van der Waals surface area contributed by atoms with Crippen LogP contribution in [0.1, 0.15) is 45.1 Å². The highest BCUT2D eigenvalue weighted by molar-refractivity contribution is 6.30. The normalized spacial score (nSPS) is 14.5. The molecular weight excluding hydrogens is 591 g/mol. The standard InChI is InChI=1S/C33H31ClN2O6.ClH/c34-26-8-4-7-23(13-26)31(37)19-35-27-11-9-22-10-12-29(16-24(22)14-27)42-30-17-25(32(38)39)15-28(18-30)36-33(40)41-20-21-5-2-1-3-6-21;/h1-8,10,12-13,15-18,27,31,35,37H,9,11,14,19-20H2,(H,36,40)(H,38,39);1H/t27-,31-;/m0./s1. The Bertz CT molecular complexity index is 1570. The molecule has 4 N–H and O–H groups in total. The summed E-state index contributed by atoms with van der Waals surface area (Å²) in [6, 6.07) is 26.8. The van der Waals surface area contributed by atoms with Gasteiger partial charge in [-0.15, -0.1) is 12.4 Å². The lowest BCUT2D eigenvalue weighted by Gasteiger charge is -2.27. The number of carboxylic acid groups (broad SMARTS) is 1. The lowest BCUT2D eigenvalue weighted by molar-refractivity contribution is 0.0696. The molecule has 10 heteroatoms. The van der Waals surface area contributed by atoms with Crippen LogP contribution in [0.3, 0.4) is 0 Å². The smallest absolute Gasteiger partial charge is 0.411 e. The van der Waals surface area contributed by atoms with Crippen molar-refractivity contribution < 1.29 is 29.3 Å². The van der Waals surface area contributed by atoms with Gasteiger partial charge >= 0.3 is 12.1 Å². The summed E-state index contributed by atoms with van der Waals surface area (Å²) >= 11 is 6.06. The minimum atomic E-state index is -1.15. The summed E-state index contributed by atoms with van der Waals surface area (Å²) in [7, 11) is 0. The monoisotopic (exact) mass is 622 g/mol. The molecule has 0 spiro atoms. The van der Waals surface area contributed by atoms with E-state index in [-0.39, 0.29) is 42.1 Å². The molecular formula is C33H32Cl2N2O6. The molecule has 2 atom stereocenters. The minimum Gasteiger partial charge on any atom is -0.478 e. The number of fused-ring (bicyclic) bond motifs is 1. The summed E-state index contributed by atoms with van der Waals surface area (Å²) in [4.78, 5) is 24.1. The zero-order chi connectivity index (χ0) is 29.5. The van der Waals surface area contributed by atoms with Crippen molar-refractivity contribution in [2.75, 3.05) is 11.9 Å². The van der Waals surface area contributed by atoms with Gasteiger partial charge < -0.3 is 25.0 Å². The van der Waals surface area contributed by atoms with Gasteiger partial charge in [0.15, 0.2) is 0 Å². The molecule has 224 valence electrons. The van der Waals surface area contributed by atoms with Crippen molar-refractivity contribution in [3.63, 3.8) is 0 Å². The number of rotatable bonds is 10. The maximum absolute atomic E-state index is 12.4. The average Bonchev–Trinajstić information content (AvgIpc) is 2.99. The van der Waals surface area contributed by atoms with Gasteiger partial charge in [0, 0.05) is 29.4 Å². The van der Waals surface area contributed by atoms with Crippen LogP contribution in [0.5, 0.6) is 11.5 Å². The summed E-state index contributed by atoms with van der Waals surface area (Å²) in [5, 5.41) is 26.8. The number of halogens is 2. The van der Waals surface area contributed by atoms with Crippen LogP contribution in [0.15, 0.2) is 91.0 Å². The molecule has 5 rings (SSSR count). The Morgan fingerprint density at radius 2 is 1.74 bits per heavy atom. The molecule has 0 unspecified atom stereocenters. The zero-order valence-corrected chi connectivity index (χ0v) is 24.7. The number of carbonyl (C=O) groups excluding carboxylic acids is 1. The van der Waals surface area contributed by atoms with Crippen LogP contribution in [0.25, 0.3) is 0 Å². The SMILES string of the molecule is Cl.O=C(Nc1cc(Oc2ccc3c(c2)C[C@@H](NC[C@H](O)c2cccc(Cl)c2)CC3)cc(C(=O)O)c1)OCc1ccccc1. The van der Waals surface area contributed by atoms with Crippen LogP contribution in [0, 0.1) is 0 Å². The Labute approximate surface area is 261 Å². The Kier molecular flexibility index (Phi) is 11.0. The van der Waals surface area contributed by atoms with Crippen molar-refractivity contribution in [3.8, 4) is 11.5 Å². The topological polar surface area (TPSA) is 117 Å². The molecule has 0 heterocycles. The van der Waals surface area contributed by atoms with Gasteiger partial charge in [-0.3, -0.25) is 5.32 Å². The van der Waals surface area contributed by atoms with Crippen LogP contribution >= 0.6 is 24.0 Å². The number of aliphatic hydroxyl groups is 1. The molecule has 1 aliphatic rings. The Hall–Kier alpha value is -4.08. The summed E-state index contributed by atoms with van der Waals surface area (Å²) in [6.45, 7) is 0.487. The second-order valence-electron chi connectivity index (χ2n) is 10.2. The predicted molar refractivity (Wildman–Crippen MR) is 168 cm³/mol. The molecule has 1 aliphatic carbocycles. The van der Waals surface area contributed by atoms with Gasteiger partial charge in [0.05, 0.1) is 11.7 Å². The molecule has 1 amide bonds. The molecule has 0 fully saturated rings. The van der Waals surface area contributed by atoms with E-state index in [9.17, 15) is 19.8 Å². The van der Waals surface area contributed by atoms with E-state index in [0.29, 0.717) is 17.3 Å². The number of carbonyl (C=O) groups is 2. The first-order chi connectivity index (χ1) is 20.3. The van der Waals surface area contributed by atoms with E-state index in [1.807, 2.05) is 60.7 Å². The maximum Gasteiger partial charge on any atom is 0.411 e. The van der Waals surface area contributed by atoms with Crippen LogP contribution < -0.4 is 15.4 Å². The van der Waals surface area contributed by atoms with E-state index in [1.54, 1.807) is 18.2 Å².